The van der Waals surface area contributed by atoms with Crippen molar-refractivity contribution in [2.45, 2.75) is 110 Å². The van der Waals surface area contributed by atoms with Crippen LogP contribution in [0.5, 0.6) is 0 Å². The highest BCUT2D eigenvalue weighted by Crippen LogP contribution is 2.39. The van der Waals surface area contributed by atoms with Crippen LogP contribution >= 0.6 is 0 Å². The molecule has 1 aromatic rings. The maximum atomic E-state index is 13.9. The van der Waals surface area contributed by atoms with Crippen LogP contribution in [-0.4, -0.2) is 72.2 Å². The highest BCUT2D eigenvalue weighted by molar-refractivity contribution is 6.74. The van der Waals surface area contributed by atoms with Crippen LogP contribution in [0.2, 0.25) is 18.1 Å². The number of carbonyl (C=O) groups is 3. The van der Waals surface area contributed by atoms with Crippen LogP contribution < -0.4 is 10.6 Å². The van der Waals surface area contributed by atoms with E-state index in [0.717, 1.165) is 11.1 Å². The maximum absolute atomic E-state index is 13.9. The lowest BCUT2D eigenvalue weighted by Gasteiger charge is -2.42. The number of β-amino-alcohol motifs (C(OH)–C–C–N with tert-alkyl or cyclic N) is 1. The van der Waals surface area contributed by atoms with E-state index in [1.807, 2.05) is 39.8 Å². The smallest absolute Gasteiger partial charge is 0.405 e. The van der Waals surface area contributed by atoms with Crippen LogP contribution in [-0.2, 0) is 14.0 Å². The molecular formula is C30H47N3O6Si. The zero-order chi connectivity index (χ0) is 30.6. The van der Waals surface area contributed by atoms with Crippen molar-refractivity contribution >= 4 is 26.2 Å². The van der Waals surface area contributed by atoms with E-state index in [4.69, 9.17) is 10.8 Å². The van der Waals surface area contributed by atoms with Gasteiger partial charge in [-0.25, -0.2) is 4.79 Å². The molecule has 5 atom stereocenters. The Kier molecular flexibility index (Phi) is 10.6. The topological polar surface area (TPSA) is 128 Å². The number of aliphatic hydroxyl groups excluding tert-OH is 1. The molecule has 10 heteroatoms. The number of hydrogen-bond acceptors (Lipinski definition) is 5. The molecule has 4 N–H and O–H groups in total. The monoisotopic (exact) mass is 573 g/mol. The summed E-state index contributed by atoms with van der Waals surface area (Å²) >= 11 is 0. The summed E-state index contributed by atoms with van der Waals surface area (Å²) in [6, 6.07) is 4.77. The Morgan fingerprint density at radius 2 is 1.70 bits per heavy atom. The molecule has 0 saturated carbocycles. The predicted octanol–water partition coefficient (Wildman–Crippen LogP) is 4.27. The van der Waals surface area contributed by atoms with Crippen molar-refractivity contribution < 1.29 is 29.0 Å². The number of likely N-dealkylation sites (tertiary alicyclic amines) is 1. The van der Waals surface area contributed by atoms with Crippen molar-refractivity contribution in [3.05, 3.63) is 35.4 Å². The van der Waals surface area contributed by atoms with Crippen LogP contribution in [0.25, 0.3) is 0 Å². The summed E-state index contributed by atoms with van der Waals surface area (Å²) in [6.45, 7) is 18.1. The maximum Gasteiger partial charge on any atom is 0.405 e. The molecule has 1 aromatic carbocycles. The van der Waals surface area contributed by atoms with E-state index < -0.39 is 49.8 Å². The SMILES string of the molecule is C#Cc1ccc([C@H](C)NC(=O)[C@@H]2C[C@@H](O)CN2C(=O)[C@H](NC(=O)O)C(C)(C)CC(C)O[Si](C)(C)C(C)(C)C)cc1. The van der Waals surface area contributed by atoms with Crippen molar-refractivity contribution in [2.75, 3.05) is 6.54 Å². The molecule has 222 valence electrons. The van der Waals surface area contributed by atoms with E-state index in [-0.39, 0.29) is 30.1 Å². The Morgan fingerprint density at radius 3 is 2.20 bits per heavy atom. The molecule has 0 aromatic heterocycles. The molecule has 40 heavy (non-hydrogen) atoms. The molecule has 3 amide bonds. The fraction of sp³-hybridized carbons (Fsp3) is 0.633. The number of nitrogens with one attached hydrogen (secondary N) is 2. The molecule has 1 unspecified atom stereocenters. The highest BCUT2D eigenvalue weighted by atomic mass is 28.4. The van der Waals surface area contributed by atoms with E-state index in [9.17, 15) is 24.6 Å². The van der Waals surface area contributed by atoms with Crippen LogP contribution in [0.1, 0.15) is 78.5 Å². The van der Waals surface area contributed by atoms with Gasteiger partial charge in [0.05, 0.1) is 12.1 Å². The standard InChI is InChI=1S/C30H47N3O6Si/c1-11-21-12-14-22(15-13-21)20(3)31-26(35)24-16-23(34)18-33(24)27(36)25(32-28(37)38)30(7,8)17-19(2)39-40(9,10)29(4,5)6/h1,12-15,19-20,23-25,32,34H,16-18H2,2-10H3,(H,31,35)(H,37,38)/t19?,20-,23+,24-,25-/m0/s1. The number of carboxylic acid groups (broad SMARTS) is 1. The van der Waals surface area contributed by atoms with Gasteiger partial charge >= 0.3 is 6.09 Å². The molecule has 1 saturated heterocycles. The van der Waals surface area contributed by atoms with E-state index in [1.165, 1.54) is 4.90 Å². The van der Waals surface area contributed by atoms with Crippen molar-refractivity contribution in [3.8, 4) is 12.3 Å². The fourth-order valence-corrected chi connectivity index (χ4v) is 6.47. The van der Waals surface area contributed by atoms with Crippen LogP contribution in [0.3, 0.4) is 0 Å². The van der Waals surface area contributed by atoms with Gasteiger partial charge in [0.15, 0.2) is 8.32 Å². The fourth-order valence-electron chi connectivity index (χ4n) is 5.03. The predicted molar refractivity (Wildman–Crippen MR) is 158 cm³/mol. The van der Waals surface area contributed by atoms with Gasteiger partial charge in [0.25, 0.3) is 0 Å². The average Bonchev–Trinajstić information content (AvgIpc) is 3.22. The molecule has 1 aliphatic heterocycles. The van der Waals surface area contributed by atoms with Crippen molar-refractivity contribution in [2.24, 2.45) is 5.41 Å². The molecular weight excluding hydrogens is 526 g/mol. The van der Waals surface area contributed by atoms with Gasteiger partial charge in [0, 0.05) is 24.6 Å². The van der Waals surface area contributed by atoms with Gasteiger partial charge in [-0.3, -0.25) is 9.59 Å². The minimum atomic E-state index is -2.10. The van der Waals surface area contributed by atoms with E-state index in [2.05, 4.69) is 50.4 Å². The van der Waals surface area contributed by atoms with Gasteiger partial charge in [0.2, 0.25) is 11.8 Å². The summed E-state index contributed by atoms with van der Waals surface area (Å²) in [6.07, 6.45) is 3.42. The number of terminal acetylenes is 1. The second-order valence-corrected chi connectivity index (χ2v) is 17.9. The van der Waals surface area contributed by atoms with Crippen molar-refractivity contribution in [1.29, 1.82) is 0 Å². The number of amides is 3. The summed E-state index contributed by atoms with van der Waals surface area (Å²) in [4.78, 5) is 40.3. The van der Waals surface area contributed by atoms with Crippen molar-refractivity contribution in [1.82, 2.24) is 15.5 Å². The first-order valence-corrected chi connectivity index (χ1v) is 16.7. The Balaban J connectivity index is 2.24. The third-order valence-corrected chi connectivity index (χ3v) is 12.8. The Labute approximate surface area is 240 Å². The normalized spacial score (nSPS) is 20.3. The molecule has 1 heterocycles. The van der Waals surface area contributed by atoms with Crippen LogP contribution in [0.15, 0.2) is 24.3 Å². The minimum Gasteiger partial charge on any atom is -0.465 e. The molecule has 2 rings (SSSR count). The third-order valence-electron chi connectivity index (χ3n) is 8.21. The highest BCUT2D eigenvalue weighted by Gasteiger charge is 2.47. The van der Waals surface area contributed by atoms with E-state index in [1.54, 1.807) is 12.1 Å². The lowest BCUT2D eigenvalue weighted by molar-refractivity contribution is -0.142. The largest absolute Gasteiger partial charge is 0.465 e. The summed E-state index contributed by atoms with van der Waals surface area (Å²) in [5.41, 5.74) is 0.713. The minimum absolute atomic E-state index is 0.00725. The summed E-state index contributed by atoms with van der Waals surface area (Å²) in [5.74, 6) is 1.59. The number of carbonyl (C=O) groups excluding carboxylic acids is 2. The Hall–Kier alpha value is -2.87. The molecule has 1 aliphatic rings. The van der Waals surface area contributed by atoms with Crippen LogP contribution in [0, 0.1) is 17.8 Å². The molecule has 0 aliphatic carbocycles. The summed E-state index contributed by atoms with van der Waals surface area (Å²) in [5, 5.41) is 25.4. The lowest BCUT2D eigenvalue weighted by Crippen LogP contribution is -2.59. The van der Waals surface area contributed by atoms with Gasteiger partial charge in [-0.15, -0.1) is 6.42 Å². The first-order chi connectivity index (χ1) is 18.3. The van der Waals surface area contributed by atoms with Gasteiger partial charge in [-0.2, -0.15) is 0 Å². The first-order valence-electron chi connectivity index (χ1n) is 13.8. The molecule has 0 spiro atoms. The van der Waals surface area contributed by atoms with E-state index >= 15 is 0 Å². The van der Waals surface area contributed by atoms with Gasteiger partial charge in [-0.05, 0) is 61.5 Å². The number of hydrogen-bond donors (Lipinski definition) is 4. The van der Waals surface area contributed by atoms with Crippen LogP contribution in [0.4, 0.5) is 4.79 Å². The number of aliphatic hydroxyl groups is 1. The van der Waals surface area contributed by atoms with Gasteiger partial charge in [0.1, 0.15) is 12.1 Å². The quantitative estimate of drug-likeness (QED) is 0.245. The van der Waals surface area contributed by atoms with Gasteiger partial charge < -0.3 is 30.2 Å². The second kappa shape index (κ2) is 12.8. The lowest BCUT2D eigenvalue weighted by atomic mass is 9.78. The zero-order valence-electron chi connectivity index (χ0n) is 25.4. The van der Waals surface area contributed by atoms with Gasteiger partial charge in [-0.1, -0.05) is 52.7 Å². The summed E-state index contributed by atoms with van der Waals surface area (Å²) < 4.78 is 6.50. The van der Waals surface area contributed by atoms with Crippen molar-refractivity contribution in [3.63, 3.8) is 0 Å². The summed E-state index contributed by atoms with van der Waals surface area (Å²) in [7, 11) is -2.10. The Morgan fingerprint density at radius 1 is 1.12 bits per heavy atom. The molecule has 9 nitrogen and oxygen atoms in total. The Bertz CT molecular complexity index is 1110. The second-order valence-electron chi connectivity index (χ2n) is 13.2. The average molecular weight is 574 g/mol. The number of benzene rings is 1. The number of nitrogens with zero attached hydrogens (tertiary/aromatic N) is 1. The van der Waals surface area contributed by atoms with E-state index in [0.29, 0.717) is 6.42 Å². The molecule has 0 bridgehead atoms. The molecule has 1 fully saturated rings. The zero-order valence-corrected chi connectivity index (χ0v) is 26.4. The first kappa shape index (κ1) is 33.3. The molecule has 0 radical (unpaired) electrons. The third kappa shape index (κ3) is 8.32. The number of rotatable bonds is 10.